The lowest BCUT2D eigenvalue weighted by Gasteiger charge is -2.48. The number of aromatic nitrogens is 2. The number of likely N-dealkylation sites (N-methyl/N-ethyl adjacent to an activating group) is 1. The van der Waals surface area contributed by atoms with Gasteiger partial charge in [0.1, 0.15) is 5.82 Å². The highest BCUT2D eigenvalue weighted by Crippen LogP contribution is 2.51. The molecule has 0 amide bonds. The normalized spacial score (nSPS) is 25.8. The summed E-state index contributed by atoms with van der Waals surface area (Å²) < 4.78 is 0. The minimum absolute atomic E-state index is 0.279. The first-order chi connectivity index (χ1) is 14.6. The fourth-order valence-corrected chi connectivity index (χ4v) is 5.35. The summed E-state index contributed by atoms with van der Waals surface area (Å²) in [7, 11) is 2.15. The number of allylic oxidation sites excluding steroid dienone is 1. The molecule has 0 aliphatic heterocycles. The van der Waals surface area contributed by atoms with Crippen LogP contribution in [0, 0.1) is 11.8 Å². The van der Waals surface area contributed by atoms with E-state index < -0.39 is 5.60 Å². The predicted octanol–water partition coefficient (Wildman–Crippen LogP) is 4.67. The zero-order valence-electron chi connectivity index (χ0n) is 17.7. The zero-order chi connectivity index (χ0) is 20.6. The zero-order valence-corrected chi connectivity index (χ0v) is 17.7. The van der Waals surface area contributed by atoms with Gasteiger partial charge in [0.2, 0.25) is 0 Å². The van der Waals surface area contributed by atoms with Crippen LogP contribution >= 0.6 is 0 Å². The van der Waals surface area contributed by atoms with Gasteiger partial charge in [0.15, 0.2) is 0 Å². The lowest BCUT2D eigenvalue weighted by Crippen LogP contribution is -2.48. The first-order valence-corrected chi connectivity index (χ1v) is 11.2. The minimum atomic E-state index is -0.561. The van der Waals surface area contributed by atoms with E-state index in [1.807, 2.05) is 18.2 Å². The van der Waals surface area contributed by atoms with Crippen LogP contribution in [0.1, 0.15) is 37.1 Å². The minimum Gasteiger partial charge on any atom is -0.389 e. The van der Waals surface area contributed by atoms with Crippen molar-refractivity contribution in [2.45, 2.75) is 37.7 Å². The van der Waals surface area contributed by atoms with E-state index in [4.69, 9.17) is 0 Å². The number of rotatable bonds is 7. The van der Waals surface area contributed by atoms with Gasteiger partial charge in [0.25, 0.3) is 0 Å². The van der Waals surface area contributed by atoms with Crippen molar-refractivity contribution in [1.82, 2.24) is 14.9 Å². The van der Waals surface area contributed by atoms with Crippen LogP contribution in [0.5, 0.6) is 0 Å². The van der Waals surface area contributed by atoms with Crippen molar-refractivity contribution < 1.29 is 5.11 Å². The molecule has 0 spiro atoms. The molecule has 30 heavy (non-hydrogen) atoms. The van der Waals surface area contributed by atoms with Crippen LogP contribution in [0.4, 0.5) is 0 Å². The average Bonchev–Trinajstić information content (AvgIpc) is 3.20. The largest absolute Gasteiger partial charge is 0.389 e. The number of para-hydroxylation sites is 2. The van der Waals surface area contributed by atoms with Crippen molar-refractivity contribution in [3.05, 3.63) is 72.1 Å². The second-order valence-electron chi connectivity index (χ2n) is 9.18. The van der Waals surface area contributed by atoms with Crippen LogP contribution in [0.25, 0.3) is 16.6 Å². The second-order valence-corrected chi connectivity index (χ2v) is 9.18. The molecule has 0 radical (unpaired) electrons. The number of fused-ring (bicyclic) bond motifs is 3. The summed E-state index contributed by atoms with van der Waals surface area (Å²) >= 11 is 0. The Hall–Kier alpha value is -2.43. The Morgan fingerprint density at radius 1 is 1.07 bits per heavy atom. The van der Waals surface area contributed by atoms with E-state index in [-0.39, 0.29) is 5.92 Å². The molecule has 0 saturated heterocycles. The molecule has 1 aromatic heterocycles. The maximum Gasteiger partial charge on any atom is 0.108 e. The molecule has 1 heterocycles. The maximum absolute atomic E-state index is 11.5. The summed E-state index contributed by atoms with van der Waals surface area (Å²) in [6.07, 6.45) is 7.32. The van der Waals surface area contributed by atoms with E-state index in [9.17, 15) is 5.11 Å². The van der Waals surface area contributed by atoms with Crippen LogP contribution in [0.2, 0.25) is 0 Å². The quantitative estimate of drug-likeness (QED) is 0.605. The van der Waals surface area contributed by atoms with Crippen LogP contribution < -0.4 is 0 Å². The van der Waals surface area contributed by atoms with E-state index in [1.165, 1.54) is 17.6 Å². The Labute approximate surface area is 178 Å². The van der Waals surface area contributed by atoms with Crippen LogP contribution in [0.15, 0.2) is 60.7 Å². The Morgan fingerprint density at radius 2 is 1.87 bits per heavy atom. The molecule has 4 nitrogen and oxygen atoms in total. The van der Waals surface area contributed by atoms with E-state index in [1.54, 1.807) is 0 Å². The summed E-state index contributed by atoms with van der Waals surface area (Å²) in [5.74, 6) is 1.80. The van der Waals surface area contributed by atoms with Gasteiger partial charge in [0.05, 0.1) is 16.6 Å². The summed E-state index contributed by atoms with van der Waals surface area (Å²) in [6.45, 7) is 1.85. The Kier molecular flexibility index (Phi) is 5.21. The van der Waals surface area contributed by atoms with Gasteiger partial charge in [-0.2, -0.15) is 0 Å². The third-order valence-corrected chi connectivity index (χ3v) is 7.14. The molecule has 3 atom stereocenters. The van der Waals surface area contributed by atoms with Gasteiger partial charge in [-0.3, -0.25) is 0 Å². The van der Waals surface area contributed by atoms with Crippen molar-refractivity contribution in [2.75, 3.05) is 20.1 Å². The lowest BCUT2D eigenvalue weighted by atomic mass is 9.61. The third kappa shape index (κ3) is 3.82. The first-order valence-electron chi connectivity index (χ1n) is 11.2. The average molecular weight is 402 g/mol. The molecule has 2 aromatic carbocycles. The summed E-state index contributed by atoms with van der Waals surface area (Å²) in [6, 6.07) is 18.9. The molecule has 2 N–H and O–H groups in total. The van der Waals surface area contributed by atoms with Gasteiger partial charge in [-0.1, -0.05) is 48.5 Å². The molecule has 156 valence electrons. The third-order valence-electron chi connectivity index (χ3n) is 7.14. The molecule has 2 bridgehead atoms. The van der Waals surface area contributed by atoms with Gasteiger partial charge < -0.3 is 15.0 Å². The smallest absolute Gasteiger partial charge is 0.108 e. The number of nitrogens with one attached hydrogen (secondary N) is 1. The molecule has 6 rings (SSSR count). The van der Waals surface area contributed by atoms with E-state index in [2.05, 4.69) is 64.4 Å². The fraction of sp³-hybridized carbons (Fsp3) is 0.423. The van der Waals surface area contributed by atoms with Gasteiger partial charge in [-0.25, -0.2) is 4.98 Å². The van der Waals surface area contributed by atoms with Gasteiger partial charge >= 0.3 is 0 Å². The van der Waals surface area contributed by atoms with Crippen molar-refractivity contribution in [1.29, 1.82) is 0 Å². The van der Waals surface area contributed by atoms with Crippen LogP contribution in [-0.2, 0) is 6.42 Å². The van der Waals surface area contributed by atoms with Crippen LogP contribution in [-0.4, -0.2) is 45.7 Å². The Bertz CT molecular complexity index is 1010. The molecular formula is C26H31N3O. The number of aliphatic hydroxyl groups is 1. The standard InChI is InChI=1S/C26H31N3O/c1-29(15-13-25-27-23-9-5-6-10-24(23)28-25)16-14-26(30)18-20-11-12-21(26)17-22(20)19-7-3-2-4-8-19/h2-10,17,20-21,30H,11-16,18H2,1H3,(H,27,28)/t20-,21?,26?/m0/s1. The molecular weight excluding hydrogens is 370 g/mol. The summed E-state index contributed by atoms with van der Waals surface area (Å²) in [5.41, 5.74) is 4.36. The Morgan fingerprint density at radius 3 is 2.63 bits per heavy atom. The van der Waals surface area contributed by atoms with E-state index >= 15 is 0 Å². The summed E-state index contributed by atoms with van der Waals surface area (Å²) in [5, 5.41) is 11.5. The SMILES string of the molecule is CN(CCc1nc2ccccc2[nH]1)CCC1(O)C[C@@H]2CCC1C=C2c1ccccc1. The van der Waals surface area contributed by atoms with Crippen molar-refractivity contribution in [3.8, 4) is 0 Å². The Balaban J connectivity index is 1.18. The molecule has 3 aromatic rings. The van der Waals surface area contributed by atoms with Gasteiger partial charge in [-0.15, -0.1) is 0 Å². The molecule has 3 aliphatic carbocycles. The predicted molar refractivity (Wildman–Crippen MR) is 122 cm³/mol. The number of nitrogens with zero attached hydrogens (tertiary/aromatic N) is 2. The number of aromatic amines is 1. The second kappa shape index (κ2) is 8.01. The van der Waals surface area contributed by atoms with E-state index in [0.29, 0.717) is 5.92 Å². The first kappa shape index (κ1) is 19.5. The number of H-pyrrole nitrogens is 1. The van der Waals surface area contributed by atoms with Crippen molar-refractivity contribution in [3.63, 3.8) is 0 Å². The van der Waals surface area contributed by atoms with Gasteiger partial charge in [-0.05, 0) is 61.9 Å². The summed E-state index contributed by atoms with van der Waals surface area (Å²) in [4.78, 5) is 10.4. The fourth-order valence-electron chi connectivity index (χ4n) is 5.35. The van der Waals surface area contributed by atoms with Crippen molar-refractivity contribution in [2.24, 2.45) is 11.8 Å². The lowest BCUT2D eigenvalue weighted by molar-refractivity contribution is -0.0574. The topological polar surface area (TPSA) is 52.2 Å². The monoisotopic (exact) mass is 401 g/mol. The number of imidazole rings is 1. The van der Waals surface area contributed by atoms with E-state index in [0.717, 1.165) is 55.6 Å². The van der Waals surface area contributed by atoms with Gasteiger partial charge in [0, 0.05) is 25.4 Å². The number of benzene rings is 2. The molecule has 2 unspecified atom stereocenters. The number of hydrogen-bond acceptors (Lipinski definition) is 3. The van der Waals surface area contributed by atoms with Crippen LogP contribution in [0.3, 0.4) is 0 Å². The highest BCUT2D eigenvalue weighted by Gasteiger charge is 2.46. The highest BCUT2D eigenvalue weighted by molar-refractivity contribution is 5.74. The molecule has 3 aliphatic rings. The molecule has 1 fully saturated rings. The maximum atomic E-state index is 11.5. The molecule has 4 heteroatoms. The molecule has 1 saturated carbocycles. The highest BCUT2D eigenvalue weighted by atomic mass is 16.3. The number of hydrogen-bond donors (Lipinski definition) is 2. The van der Waals surface area contributed by atoms with Crippen molar-refractivity contribution >= 4 is 16.6 Å².